The van der Waals surface area contributed by atoms with E-state index in [0.29, 0.717) is 5.92 Å². The number of aliphatic hydroxyl groups is 1. The Labute approximate surface area is 165 Å². The van der Waals surface area contributed by atoms with E-state index in [0.717, 1.165) is 61.7 Å². The summed E-state index contributed by atoms with van der Waals surface area (Å²) in [6, 6.07) is 7.95. The Hall–Kier alpha value is -2.38. The van der Waals surface area contributed by atoms with Crippen LogP contribution >= 0.6 is 0 Å². The van der Waals surface area contributed by atoms with Gasteiger partial charge in [0.05, 0.1) is 25.6 Å². The van der Waals surface area contributed by atoms with Crippen LogP contribution in [0, 0.1) is 11.3 Å². The summed E-state index contributed by atoms with van der Waals surface area (Å²) in [5.41, 5.74) is 3.13. The Morgan fingerprint density at radius 2 is 2.14 bits per heavy atom. The minimum Gasteiger partial charge on any atom is -0.497 e. The molecule has 0 spiro atoms. The third kappa shape index (κ3) is 3.40. The summed E-state index contributed by atoms with van der Waals surface area (Å²) >= 11 is 0. The summed E-state index contributed by atoms with van der Waals surface area (Å²) in [5, 5.41) is 17.5. The molecule has 150 valence electrons. The number of carbonyl (C=O) groups is 1. The second kappa shape index (κ2) is 7.56. The van der Waals surface area contributed by atoms with Gasteiger partial charge in [-0.15, -0.1) is 0 Å². The normalized spacial score (nSPS) is 25.0. The predicted molar refractivity (Wildman–Crippen MR) is 106 cm³/mol. The van der Waals surface area contributed by atoms with Crippen molar-refractivity contribution in [3.05, 3.63) is 36.0 Å². The van der Waals surface area contributed by atoms with Crippen molar-refractivity contribution in [1.29, 1.82) is 0 Å². The van der Waals surface area contributed by atoms with E-state index in [9.17, 15) is 9.90 Å². The van der Waals surface area contributed by atoms with Gasteiger partial charge in [-0.25, -0.2) is 0 Å². The number of likely N-dealkylation sites (tertiary alicyclic amines) is 2. The second-order valence-electron chi connectivity index (χ2n) is 8.10. The lowest BCUT2D eigenvalue weighted by Crippen LogP contribution is -2.50. The van der Waals surface area contributed by atoms with Crippen LogP contribution in [-0.2, 0) is 11.3 Å². The Kier molecular flexibility index (Phi) is 5.12. The number of amides is 1. The van der Waals surface area contributed by atoms with Crippen LogP contribution in [0.2, 0.25) is 0 Å². The number of hydrogen-bond acceptors (Lipinski definition) is 5. The number of aromatic nitrogens is 2. The SMILES string of the molecule is COc1ccc(-c2[nH]ncc2CN2CC3CN(C(C)=O)CCC3(CO)C2)cc1. The first-order chi connectivity index (χ1) is 13.5. The number of H-pyrrole nitrogens is 1. The van der Waals surface area contributed by atoms with E-state index in [1.165, 1.54) is 0 Å². The van der Waals surface area contributed by atoms with E-state index < -0.39 is 0 Å². The van der Waals surface area contributed by atoms with Crippen LogP contribution < -0.4 is 4.74 Å². The first kappa shape index (κ1) is 19.0. The molecule has 0 radical (unpaired) electrons. The lowest BCUT2D eigenvalue weighted by molar-refractivity contribution is -0.133. The van der Waals surface area contributed by atoms with Crippen LogP contribution in [0.1, 0.15) is 18.9 Å². The van der Waals surface area contributed by atoms with Gasteiger partial charge in [0.15, 0.2) is 0 Å². The number of piperidine rings is 1. The number of aliphatic hydroxyl groups excluding tert-OH is 1. The maximum atomic E-state index is 11.8. The summed E-state index contributed by atoms with van der Waals surface area (Å²) in [5.74, 6) is 1.27. The molecule has 3 heterocycles. The molecule has 2 saturated heterocycles. The van der Waals surface area contributed by atoms with Gasteiger partial charge in [-0.1, -0.05) is 0 Å². The van der Waals surface area contributed by atoms with Gasteiger partial charge in [0.1, 0.15) is 5.75 Å². The van der Waals surface area contributed by atoms with Crippen molar-refractivity contribution in [2.75, 3.05) is 39.9 Å². The van der Waals surface area contributed by atoms with Crippen molar-refractivity contribution >= 4 is 5.91 Å². The molecule has 4 rings (SSSR count). The Bertz CT molecular complexity index is 834. The molecule has 1 aromatic heterocycles. The van der Waals surface area contributed by atoms with Crippen molar-refractivity contribution in [1.82, 2.24) is 20.0 Å². The highest BCUT2D eigenvalue weighted by molar-refractivity contribution is 5.73. The smallest absolute Gasteiger partial charge is 0.219 e. The fourth-order valence-corrected chi connectivity index (χ4v) is 4.74. The second-order valence-corrected chi connectivity index (χ2v) is 8.10. The zero-order valence-corrected chi connectivity index (χ0v) is 16.5. The molecule has 2 fully saturated rings. The summed E-state index contributed by atoms with van der Waals surface area (Å²) in [7, 11) is 1.66. The van der Waals surface area contributed by atoms with E-state index in [1.54, 1.807) is 14.0 Å². The number of nitrogens with one attached hydrogen (secondary N) is 1. The monoisotopic (exact) mass is 384 g/mol. The molecular formula is C21H28N4O3. The fourth-order valence-electron chi connectivity index (χ4n) is 4.74. The molecule has 1 aromatic carbocycles. The number of carbonyl (C=O) groups excluding carboxylic acids is 1. The lowest BCUT2D eigenvalue weighted by Gasteiger charge is -2.42. The van der Waals surface area contributed by atoms with E-state index in [2.05, 4.69) is 15.1 Å². The summed E-state index contributed by atoms with van der Waals surface area (Å²) in [4.78, 5) is 16.1. The lowest BCUT2D eigenvalue weighted by atomic mass is 9.73. The molecule has 2 atom stereocenters. The molecule has 28 heavy (non-hydrogen) atoms. The number of ether oxygens (including phenoxy) is 1. The standard InChI is InChI=1S/C21H28N4O3/c1-15(27)25-8-7-21(14-26)13-24(11-18(21)12-25)10-17-9-22-23-20(17)16-3-5-19(28-2)6-4-16/h3-6,9,18,26H,7-8,10-14H2,1-2H3,(H,22,23). The molecule has 0 bridgehead atoms. The summed E-state index contributed by atoms with van der Waals surface area (Å²) in [6.45, 7) is 5.80. The van der Waals surface area contributed by atoms with Crippen molar-refractivity contribution in [3.8, 4) is 17.0 Å². The van der Waals surface area contributed by atoms with Crippen LogP contribution in [-0.4, -0.2) is 70.9 Å². The molecule has 2 unspecified atom stereocenters. The van der Waals surface area contributed by atoms with Gasteiger partial charge in [0, 0.05) is 56.2 Å². The average molecular weight is 384 g/mol. The van der Waals surface area contributed by atoms with E-state index in [-0.39, 0.29) is 17.9 Å². The molecule has 1 amide bonds. The topological polar surface area (TPSA) is 81.7 Å². The van der Waals surface area contributed by atoms with Crippen molar-refractivity contribution in [3.63, 3.8) is 0 Å². The molecule has 2 aliphatic heterocycles. The predicted octanol–water partition coefficient (Wildman–Crippen LogP) is 1.75. The zero-order chi connectivity index (χ0) is 19.7. The number of nitrogens with zero attached hydrogens (tertiary/aromatic N) is 3. The van der Waals surface area contributed by atoms with E-state index >= 15 is 0 Å². The van der Waals surface area contributed by atoms with Crippen LogP contribution in [0.25, 0.3) is 11.3 Å². The molecule has 0 aliphatic carbocycles. The molecule has 2 N–H and O–H groups in total. The number of methoxy groups -OCH3 is 1. The zero-order valence-electron chi connectivity index (χ0n) is 16.5. The Morgan fingerprint density at radius 1 is 1.36 bits per heavy atom. The van der Waals surface area contributed by atoms with Crippen molar-refractivity contribution < 1.29 is 14.6 Å². The maximum absolute atomic E-state index is 11.8. The molecule has 7 heteroatoms. The summed E-state index contributed by atoms with van der Waals surface area (Å²) in [6.07, 6.45) is 2.75. The van der Waals surface area contributed by atoms with Gasteiger partial charge in [-0.05, 0) is 36.6 Å². The number of fused-ring (bicyclic) bond motifs is 1. The molecule has 2 aliphatic rings. The minimum atomic E-state index is -0.101. The molecule has 0 saturated carbocycles. The maximum Gasteiger partial charge on any atom is 0.219 e. The average Bonchev–Trinajstić information content (AvgIpc) is 3.32. The first-order valence-electron chi connectivity index (χ1n) is 9.80. The molecular weight excluding hydrogens is 356 g/mol. The van der Waals surface area contributed by atoms with Crippen molar-refractivity contribution in [2.24, 2.45) is 11.3 Å². The Balaban J connectivity index is 1.50. The van der Waals surface area contributed by atoms with Gasteiger partial charge in [-0.2, -0.15) is 5.10 Å². The number of rotatable bonds is 5. The first-order valence-corrected chi connectivity index (χ1v) is 9.80. The van der Waals surface area contributed by atoms with Gasteiger partial charge < -0.3 is 14.7 Å². The summed E-state index contributed by atoms with van der Waals surface area (Å²) < 4.78 is 5.24. The third-order valence-electron chi connectivity index (χ3n) is 6.45. The Morgan fingerprint density at radius 3 is 2.82 bits per heavy atom. The highest BCUT2D eigenvalue weighted by Crippen LogP contribution is 2.43. The van der Waals surface area contributed by atoms with Gasteiger partial charge in [0.25, 0.3) is 0 Å². The van der Waals surface area contributed by atoms with Crippen LogP contribution in [0.5, 0.6) is 5.75 Å². The highest BCUT2D eigenvalue weighted by atomic mass is 16.5. The largest absolute Gasteiger partial charge is 0.497 e. The van der Waals surface area contributed by atoms with Crippen LogP contribution in [0.4, 0.5) is 0 Å². The van der Waals surface area contributed by atoms with E-state index in [1.807, 2.05) is 35.4 Å². The number of hydrogen-bond donors (Lipinski definition) is 2. The van der Waals surface area contributed by atoms with E-state index in [4.69, 9.17) is 4.74 Å². The minimum absolute atomic E-state index is 0.101. The highest BCUT2D eigenvalue weighted by Gasteiger charge is 2.49. The van der Waals surface area contributed by atoms with Crippen LogP contribution in [0.15, 0.2) is 30.5 Å². The quantitative estimate of drug-likeness (QED) is 0.821. The number of aromatic amines is 1. The van der Waals surface area contributed by atoms with Gasteiger partial charge >= 0.3 is 0 Å². The number of benzene rings is 1. The molecule has 7 nitrogen and oxygen atoms in total. The van der Waals surface area contributed by atoms with Gasteiger partial charge in [0.2, 0.25) is 5.91 Å². The van der Waals surface area contributed by atoms with Crippen LogP contribution in [0.3, 0.4) is 0 Å². The fraction of sp³-hybridized carbons (Fsp3) is 0.524. The third-order valence-corrected chi connectivity index (χ3v) is 6.45. The van der Waals surface area contributed by atoms with Crippen molar-refractivity contribution in [2.45, 2.75) is 19.9 Å². The molecule has 2 aromatic rings. The van der Waals surface area contributed by atoms with Gasteiger partial charge in [-0.3, -0.25) is 14.8 Å².